The number of benzene rings is 1. The Morgan fingerprint density at radius 2 is 2.19 bits per heavy atom. The largest absolute Gasteiger partial charge is 0.368 e. The van der Waals surface area contributed by atoms with Gasteiger partial charge in [-0.1, -0.05) is 30.3 Å². The second-order valence-electron chi connectivity index (χ2n) is 4.03. The van der Waals surface area contributed by atoms with Crippen LogP contribution in [0.3, 0.4) is 0 Å². The summed E-state index contributed by atoms with van der Waals surface area (Å²) in [5.74, 6) is 0.0356. The lowest BCUT2D eigenvalue weighted by Gasteiger charge is -2.10. The molecule has 0 bridgehead atoms. The summed E-state index contributed by atoms with van der Waals surface area (Å²) in [4.78, 5) is 11.6. The highest BCUT2D eigenvalue weighted by atomic mass is 16.5. The molecule has 1 N–H and O–H groups in total. The van der Waals surface area contributed by atoms with Crippen molar-refractivity contribution in [2.75, 3.05) is 13.2 Å². The Morgan fingerprint density at radius 3 is 2.88 bits per heavy atom. The standard InChI is InChI=1S/C13H17NO2/c15-13(12-7-4-10-16-12)14-9-8-11-5-2-1-3-6-11/h1-3,5-6,12H,4,7-10H2,(H,14,15). The third-order valence-electron chi connectivity index (χ3n) is 2.78. The molecule has 16 heavy (non-hydrogen) atoms. The Morgan fingerprint density at radius 1 is 1.38 bits per heavy atom. The van der Waals surface area contributed by atoms with Gasteiger partial charge in [0.2, 0.25) is 5.91 Å². The van der Waals surface area contributed by atoms with Crippen LogP contribution < -0.4 is 5.32 Å². The number of amides is 1. The van der Waals surface area contributed by atoms with Gasteiger partial charge < -0.3 is 10.1 Å². The third kappa shape index (κ3) is 3.07. The van der Waals surface area contributed by atoms with Crippen molar-refractivity contribution >= 4 is 5.91 Å². The van der Waals surface area contributed by atoms with Crippen LogP contribution in [0.5, 0.6) is 0 Å². The van der Waals surface area contributed by atoms with Crippen molar-refractivity contribution in [2.45, 2.75) is 25.4 Å². The van der Waals surface area contributed by atoms with Crippen LogP contribution in [0.4, 0.5) is 0 Å². The van der Waals surface area contributed by atoms with E-state index in [1.54, 1.807) is 0 Å². The zero-order chi connectivity index (χ0) is 11.2. The van der Waals surface area contributed by atoms with Gasteiger partial charge in [-0.2, -0.15) is 0 Å². The summed E-state index contributed by atoms with van der Waals surface area (Å²) in [6.45, 7) is 1.40. The van der Waals surface area contributed by atoms with Crippen LogP contribution in [0, 0.1) is 0 Å². The Balaban J connectivity index is 1.70. The summed E-state index contributed by atoms with van der Waals surface area (Å²) in [6.07, 6.45) is 2.52. The van der Waals surface area contributed by atoms with E-state index in [4.69, 9.17) is 4.74 Å². The van der Waals surface area contributed by atoms with Crippen LogP contribution in [0.2, 0.25) is 0 Å². The molecule has 1 amide bonds. The zero-order valence-corrected chi connectivity index (χ0v) is 9.32. The number of ether oxygens (including phenoxy) is 1. The SMILES string of the molecule is O=C(NCCc1ccccc1)C1CCCO1. The molecular formula is C13H17NO2. The van der Waals surface area contributed by atoms with Crippen LogP contribution in [0.1, 0.15) is 18.4 Å². The van der Waals surface area contributed by atoms with Gasteiger partial charge in [0.15, 0.2) is 0 Å². The fourth-order valence-corrected chi connectivity index (χ4v) is 1.87. The Bertz CT molecular complexity index is 331. The maximum Gasteiger partial charge on any atom is 0.249 e. The summed E-state index contributed by atoms with van der Waals surface area (Å²) in [6, 6.07) is 10.2. The van der Waals surface area contributed by atoms with Crippen LogP contribution in [-0.4, -0.2) is 25.2 Å². The van der Waals surface area contributed by atoms with E-state index in [-0.39, 0.29) is 12.0 Å². The molecule has 2 rings (SSSR count). The predicted octanol–water partition coefficient (Wildman–Crippen LogP) is 1.52. The highest BCUT2D eigenvalue weighted by Gasteiger charge is 2.22. The molecular weight excluding hydrogens is 202 g/mol. The maximum absolute atomic E-state index is 11.6. The summed E-state index contributed by atoms with van der Waals surface area (Å²) in [7, 11) is 0. The van der Waals surface area contributed by atoms with Gasteiger partial charge >= 0.3 is 0 Å². The number of rotatable bonds is 4. The second-order valence-corrected chi connectivity index (χ2v) is 4.03. The lowest BCUT2D eigenvalue weighted by Crippen LogP contribution is -2.35. The lowest BCUT2D eigenvalue weighted by molar-refractivity contribution is -0.129. The summed E-state index contributed by atoms with van der Waals surface area (Å²) < 4.78 is 5.31. The van der Waals surface area contributed by atoms with E-state index < -0.39 is 0 Å². The van der Waals surface area contributed by atoms with Gasteiger partial charge in [-0.05, 0) is 24.8 Å². The topological polar surface area (TPSA) is 38.3 Å². The van der Waals surface area contributed by atoms with Gasteiger partial charge in [-0.3, -0.25) is 4.79 Å². The van der Waals surface area contributed by atoms with Crippen molar-refractivity contribution in [3.05, 3.63) is 35.9 Å². The minimum absolute atomic E-state index is 0.0356. The van der Waals surface area contributed by atoms with E-state index in [0.717, 1.165) is 25.9 Å². The molecule has 1 heterocycles. The molecule has 3 nitrogen and oxygen atoms in total. The monoisotopic (exact) mass is 219 g/mol. The van der Waals surface area contributed by atoms with Crippen LogP contribution in [0.15, 0.2) is 30.3 Å². The average Bonchev–Trinajstić information content (AvgIpc) is 2.84. The van der Waals surface area contributed by atoms with E-state index in [2.05, 4.69) is 17.4 Å². The minimum Gasteiger partial charge on any atom is -0.368 e. The summed E-state index contributed by atoms with van der Waals surface area (Å²) in [5.41, 5.74) is 1.25. The Kier molecular flexibility index (Phi) is 3.94. The molecule has 1 aromatic rings. The van der Waals surface area contributed by atoms with Crippen molar-refractivity contribution in [1.82, 2.24) is 5.32 Å². The molecule has 1 aliphatic heterocycles. The van der Waals surface area contributed by atoms with Crippen LogP contribution in [-0.2, 0) is 16.0 Å². The van der Waals surface area contributed by atoms with Crippen LogP contribution in [0.25, 0.3) is 0 Å². The number of carbonyl (C=O) groups excluding carboxylic acids is 1. The molecule has 1 unspecified atom stereocenters. The van der Waals surface area contributed by atoms with Crippen molar-refractivity contribution < 1.29 is 9.53 Å². The zero-order valence-electron chi connectivity index (χ0n) is 9.32. The highest BCUT2D eigenvalue weighted by molar-refractivity contribution is 5.80. The number of hydrogen-bond acceptors (Lipinski definition) is 2. The molecule has 1 aliphatic rings. The first kappa shape index (κ1) is 11.1. The average molecular weight is 219 g/mol. The van der Waals surface area contributed by atoms with Crippen molar-refractivity contribution in [1.29, 1.82) is 0 Å². The number of hydrogen-bond donors (Lipinski definition) is 1. The quantitative estimate of drug-likeness (QED) is 0.834. The Labute approximate surface area is 95.8 Å². The summed E-state index contributed by atoms with van der Waals surface area (Å²) in [5, 5.41) is 2.91. The van der Waals surface area contributed by atoms with Gasteiger partial charge in [0.25, 0.3) is 0 Å². The lowest BCUT2D eigenvalue weighted by atomic mass is 10.1. The van der Waals surface area contributed by atoms with Gasteiger partial charge in [-0.25, -0.2) is 0 Å². The molecule has 1 fully saturated rings. The molecule has 0 aliphatic carbocycles. The number of nitrogens with one attached hydrogen (secondary N) is 1. The molecule has 0 radical (unpaired) electrons. The second kappa shape index (κ2) is 5.66. The predicted molar refractivity (Wildman–Crippen MR) is 62.1 cm³/mol. The fourth-order valence-electron chi connectivity index (χ4n) is 1.87. The van der Waals surface area contributed by atoms with E-state index >= 15 is 0 Å². The van der Waals surface area contributed by atoms with Gasteiger partial charge in [0.1, 0.15) is 6.10 Å². The molecule has 0 aromatic heterocycles. The minimum atomic E-state index is -0.212. The van der Waals surface area contributed by atoms with Gasteiger partial charge in [0.05, 0.1) is 0 Å². The normalized spacial score (nSPS) is 19.6. The van der Waals surface area contributed by atoms with E-state index in [9.17, 15) is 4.79 Å². The van der Waals surface area contributed by atoms with Gasteiger partial charge in [0, 0.05) is 13.2 Å². The van der Waals surface area contributed by atoms with Crippen molar-refractivity contribution in [2.24, 2.45) is 0 Å². The molecule has 1 atom stereocenters. The summed E-state index contributed by atoms with van der Waals surface area (Å²) >= 11 is 0. The highest BCUT2D eigenvalue weighted by Crippen LogP contribution is 2.11. The van der Waals surface area contributed by atoms with Gasteiger partial charge in [-0.15, -0.1) is 0 Å². The molecule has 3 heteroatoms. The molecule has 0 saturated carbocycles. The van der Waals surface area contributed by atoms with Crippen LogP contribution >= 0.6 is 0 Å². The maximum atomic E-state index is 11.6. The van der Waals surface area contributed by atoms with Crippen molar-refractivity contribution in [3.8, 4) is 0 Å². The third-order valence-corrected chi connectivity index (χ3v) is 2.78. The molecule has 0 spiro atoms. The molecule has 1 aromatic carbocycles. The first-order valence-electron chi connectivity index (χ1n) is 5.79. The first-order valence-corrected chi connectivity index (χ1v) is 5.79. The first-order chi connectivity index (χ1) is 7.86. The van der Waals surface area contributed by atoms with E-state index in [1.165, 1.54) is 5.56 Å². The smallest absolute Gasteiger partial charge is 0.249 e. The van der Waals surface area contributed by atoms with E-state index in [1.807, 2.05) is 18.2 Å². The van der Waals surface area contributed by atoms with Crippen molar-refractivity contribution in [3.63, 3.8) is 0 Å². The number of carbonyl (C=O) groups is 1. The fraction of sp³-hybridized carbons (Fsp3) is 0.462. The molecule has 86 valence electrons. The van der Waals surface area contributed by atoms with E-state index in [0.29, 0.717) is 6.54 Å². The Hall–Kier alpha value is -1.35. The molecule has 1 saturated heterocycles.